The number of alkyl halides is 1. The molecule has 1 aliphatic carbocycles. The molecule has 1 aliphatic rings. The second-order valence-electron chi connectivity index (χ2n) is 8.31. The molecule has 3 atom stereocenters. The van der Waals surface area contributed by atoms with E-state index in [1.165, 1.54) is 36.8 Å². The van der Waals surface area contributed by atoms with Gasteiger partial charge in [0.05, 0.1) is 0 Å². The standard InChI is InChI=1S/C23H37F/c1-5-18(4)23(24)16-19(6-2)15-20-9-13-22(14-10-20)21-11-7-17(3)8-12-21/h9-10,13-14,17-19,21,23H,5-8,11-12,15-16H2,1-4H3. The van der Waals surface area contributed by atoms with Gasteiger partial charge >= 0.3 is 0 Å². The van der Waals surface area contributed by atoms with E-state index in [0.29, 0.717) is 12.3 Å². The van der Waals surface area contributed by atoms with Crippen LogP contribution in [-0.2, 0) is 6.42 Å². The minimum Gasteiger partial charge on any atom is -0.247 e. The van der Waals surface area contributed by atoms with Crippen molar-refractivity contribution in [1.29, 1.82) is 0 Å². The fraction of sp³-hybridized carbons (Fsp3) is 0.739. The molecule has 1 fully saturated rings. The monoisotopic (exact) mass is 332 g/mol. The van der Waals surface area contributed by atoms with Crippen molar-refractivity contribution in [2.75, 3.05) is 0 Å². The van der Waals surface area contributed by atoms with Crippen molar-refractivity contribution in [3.05, 3.63) is 35.4 Å². The van der Waals surface area contributed by atoms with E-state index < -0.39 is 6.17 Å². The smallest absolute Gasteiger partial charge is 0.103 e. The largest absolute Gasteiger partial charge is 0.247 e. The van der Waals surface area contributed by atoms with E-state index in [-0.39, 0.29) is 5.92 Å². The van der Waals surface area contributed by atoms with Crippen LogP contribution in [0.4, 0.5) is 4.39 Å². The van der Waals surface area contributed by atoms with Gasteiger partial charge in [-0.1, -0.05) is 77.6 Å². The lowest BCUT2D eigenvalue weighted by molar-refractivity contribution is 0.189. The second-order valence-corrected chi connectivity index (χ2v) is 8.31. The van der Waals surface area contributed by atoms with Gasteiger partial charge in [0.2, 0.25) is 0 Å². The van der Waals surface area contributed by atoms with Gasteiger partial charge in [-0.15, -0.1) is 0 Å². The Morgan fingerprint density at radius 3 is 2.17 bits per heavy atom. The summed E-state index contributed by atoms with van der Waals surface area (Å²) in [6, 6.07) is 9.27. The van der Waals surface area contributed by atoms with Gasteiger partial charge in [0.1, 0.15) is 6.17 Å². The highest BCUT2D eigenvalue weighted by Crippen LogP contribution is 2.35. The number of halogens is 1. The van der Waals surface area contributed by atoms with Crippen LogP contribution in [-0.4, -0.2) is 6.17 Å². The molecule has 1 saturated carbocycles. The fourth-order valence-corrected chi connectivity index (χ4v) is 4.05. The minimum atomic E-state index is -0.650. The Labute approximate surface area is 149 Å². The maximum Gasteiger partial charge on any atom is 0.103 e. The van der Waals surface area contributed by atoms with Crippen molar-refractivity contribution in [3.8, 4) is 0 Å². The Morgan fingerprint density at radius 2 is 1.62 bits per heavy atom. The third kappa shape index (κ3) is 5.60. The predicted molar refractivity (Wildman–Crippen MR) is 103 cm³/mol. The molecule has 0 spiro atoms. The van der Waals surface area contributed by atoms with Crippen molar-refractivity contribution in [1.82, 2.24) is 0 Å². The van der Waals surface area contributed by atoms with Crippen LogP contribution in [0.25, 0.3) is 0 Å². The first-order chi connectivity index (χ1) is 11.5. The highest BCUT2D eigenvalue weighted by atomic mass is 19.1. The van der Waals surface area contributed by atoms with Gasteiger partial charge in [0.15, 0.2) is 0 Å². The number of hydrogen-bond donors (Lipinski definition) is 0. The number of hydrogen-bond acceptors (Lipinski definition) is 0. The van der Waals surface area contributed by atoms with Gasteiger partial charge in [-0.2, -0.15) is 0 Å². The van der Waals surface area contributed by atoms with Crippen molar-refractivity contribution >= 4 is 0 Å². The van der Waals surface area contributed by atoms with E-state index in [9.17, 15) is 4.39 Å². The van der Waals surface area contributed by atoms with Gasteiger partial charge in [-0.25, -0.2) is 4.39 Å². The molecular formula is C23H37F. The highest BCUT2D eigenvalue weighted by Gasteiger charge is 2.21. The van der Waals surface area contributed by atoms with E-state index in [1.807, 2.05) is 6.92 Å². The molecule has 0 bridgehead atoms. The van der Waals surface area contributed by atoms with Gasteiger partial charge in [-0.3, -0.25) is 0 Å². The molecular weight excluding hydrogens is 295 g/mol. The molecule has 0 heterocycles. The molecule has 0 N–H and O–H groups in total. The van der Waals surface area contributed by atoms with Crippen molar-refractivity contribution < 1.29 is 4.39 Å². The number of rotatable bonds is 8. The van der Waals surface area contributed by atoms with Crippen molar-refractivity contribution in [2.45, 2.75) is 91.2 Å². The molecule has 2 rings (SSSR count). The van der Waals surface area contributed by atoms with E-state index in [1.54, 1.807) is 0 Å². The van der Waals surface area contributed by atoms with Gasteiger partial charge in [0, 0.05) is 0 Å². The van der Waals surface area contributed by atoms with Crippen LogP contribution in [0.5, 0.6) is 0 Å². The molecule has 0 saturated heterocycles. The lowest BCUT2D eigenvalue weighted by Crippen LogP contribution is -2.18. The number of benzene rings is 1. The second kappa shape index (κ2) is 9.59. The van der Waals surface area contributed by atoms with Gasteiger partial charge < -0.3 is 0 Å². The fourth-order valence-electron chi connectivity index (χ4n) is 4.05. The molecule has 0 aliphatic heterocycles. The quantitative estimate of drug-likeness (QED) is 0.467. The summed E-state index contributed by atoms with van der Waals surface area (Å²) in [5.41, 5.74) is 2.90. The average molecular weight is 333 g/mol. The van der Waals surface area contributed by atoms with Crippen LogP contribution in [0, 0.1) is 17.8 Å². The summed E-state index contributed by atoms with van der Waals surface area (Å²) < 4.78 is 14.3. The summed E-state index contributed by atoms with van der Waals surface area (Å²) in [5, 5.41) is 0. The van der Waals surface area contributed by atoms with Crippen LogP contribution in [0.3, 0.4) is 0 Å². The highest BCUT2D eigenvalue weighted by molar-refractivity contribution is 5.26. The Balaban J connectivity index is 1.90. The van der Waals surface area contributed by atoms with Crippen LogP contribution in [0.2, 0.25) is 0 Å². The molecule has 1 aromatic rings. The van der Waals surface area contributed by atoms with E-state index in [0.717, 1.165) is 31.1 Å². The molecule has 0 radical (unpaired) electrons. The Hall–Kier alpha value is -0.850. The van der Waals surface area contributed by atoms with Crippen molar-refractivity contribution in [2.24, 2.45) is 17.8 Å². The molecule has 1 heteroatoms. The Bertz CT molecular complexity index is 455. The molecule has 0 aromatic heterocycles. The van der Waals surface area contributed by atoms with E-state index in [4.69, 9.17) is 0 Å². The topological polar surface area (TPSA) is 0 Å². The summed E-state index contributed by atoms with van der Waals surface area (Å²) >= 11 is 0. The minimum absolute atomic E-state index is 0.190. The molecule has 136 valence electrons. The van der Waals surface area contributed by atoms with Crippen molar-refractivity contribution in [3.63, 3.8) is 0 Å². The Kier molecular flexibility index (Phi) is 7.78. The first-order valence-electron chi connectivity index (χ1n) is 10.3. The normalized spacial score (nSPS) is 25.2. The predicted octanol–water partition coefficient (Wildman–Crippen LogP) is 7.32. The van der Waals surface area contributed by atoms with E-state index >= 15 is 0 Å². The first kappa shape index (κ1) is 19.5. The maximum atomic E-state index is 14.3. The summed E-state index contributed by atoms with van der Waals surface area (Å²) in [6.45, 7) is 8.70. The third-order valence-electron chi connectivity index (χ3n) is 6.39. The Morgan fingerprint density at radius 1 is 1.00 bits per heavy atom. The van der Waals surface area contributed by atoms with Gasteiger partial charge in [-0.05, 0) is 60.5 Å². The maximum absolute atomic E-state index is 14.3. The first-order valence-corrected chi connectivity index (χ1v) is 10.3. The van der Waals surface area contributed by atoms with Gasteiger partial charge in [0.25, 0.3) is 0 Å². The molecule has 24 heavy (non-hydrogen) atoms. The van der Waals surface area contributed by atoms with Crippen LogP contribution >= 0.6 is 0 Å². The van der Waals surface area contributed by atoms with E-state index in [2.05, 4.69) is 45.0 Å². The lowest BCUT2D eigenvalue weighted by atomic mass is 9.79. The van der Waals surface area contributed by atoms with Crippen LogP contribution in [0.1, 0.15) is 89.7 Å². The van der Waals surface area contributed by atoms with Crippen LogP contribution in [0.15, 0.2) is 24.3 Å². The lowest BCUT2D eigenvalue weighted by Gasteiger charge is -2.26. The summed E-state index contributed by atoms with van der Waals surface area (Å²) in [5.74, 6) is 2.33. The molecule has 0 nitrogen and oxygen atoms in total. The average Bonchev–Trinajstić information content (AvgIpc) is 2.61. The molecule has 0 amide bonds. The third-order valence-corrected chi connectivity index (χ3v) is 6.39. The zero-order valence-electron chi connectivity index (χ0n) is 16.2. The zero-order chi connectivity index (χ0) is 17.5. The molecule has 1 aromatic carbocycles. The zero-order valence-corrected chi connectivity index (χ0v) is 16.2. The summed E-state index contributed by atoms with van der Waals surface area (Å²) in [4.78, 5) is 0. The molecule has 3 unspecified atom stereocenters. The summed E-state index contributed by atoms with van der Waals surface area (Å²) in [6.07, 6.45) is 8.53. The SMILES string of the molecule is CCC(Cc1ccc(C2CCC(C)CC2)cc1)CC(F)C(C)CC. The summed E-state index contributed by atoms with van der Waals surface area (Å²) in [7, 11) is 0. The van der Waals surface area contributed by atoms with Crippen LogP contribution < -0.4 is 0 Å².